The van der Waals surface area contributed by atoms with Gasteiger partial charge in [-0.2, -0.15) is 0 Å². The highest BCUT2D eigenvalue weighted by atomic mass is 35.5. The molecule has 0 saturated carbocycles. The highest BCUT2D eigenvalue weighted by Crippen LogP contribution is 2.28. The second-order valence-electron chi connectivity index (χ2n) is 7.38. The third kappa shape index (κ3) is 3.96. The minimum absolute atomic E-state index is 0.132. The van der Waals surface area contributed by atoms with Gasteiger partial charge in [-0.25, -0.2) is 0 Å². The highest BCUT2D eigenvalue weighted by molar-refractivity contribution is 6.30. The van der Waals surface area contributed by atoms with Gasteiger partial charge in [0.25, 0.3) is 5.91 Å². The maximum Gasteiger partial charge on any atom is 0.254 e. The van der Waals surface area contributed by atoms with Crippen LogP contribution in [0.4, 0.5) is 5.69 Å². The quantitative estimate of drug-likeness (QED) is 0.744. The number of piperazine rings is 1. The molecule has 5 nitrogen and oxygen atoms in total. The molecule has 0 radical (unpaired) electrons. The molecule has 6 heteroatoms. The van der Waals surface area contributed by atoms with Crippen molar-refractivity contribution in [3.05, 3.63) is 58.6 Å². The van der Waals surface area contributed by atoms with Crippen LogP contribution in [0.25, 0.3) is 0 Å². The number of halogens is 1. The van der Waals surface area contributed by atoms with E-state index in [1.165, 1.54) is 5.69 Å². The predicted molar refractivity (Wildman–Crippen MR) is 112 cm³/mol. The van der Waals surface area contributed by atoms with Crippen LogP contribution in [-0.2, 0) is 6.54 Å². The first-order valence-corrected chi connectivity index (χ1v) is 10.2. The molecule has 1 fully saturated rings. The molecule has 1 amide bonds. The van der Waals surface area contributed by atoms with E-state index in [4.69, 9.17) is 16.3 Å². The SMILES string of the molecule is COc1ccccc1N1CCN(CCCN2Cc3cc(Cl)ccc3C2=O)CC1. The summed E-state index contributed by atoms with van der Waals surface area (Å²) in [5.74, 6) is 1.07. The molecular weight excluding hydrogens is 374 g/mol. The molecule has 148 valence electrons. The van der Waals surface area contributed by atoms with Gasteiger partial charge in [-0.3, -0.25) is 9.69 Å². The molecule has 2 aromatic rings. The van der Waals surface area contributed by atoms with Crippen molar-refractivity contribution in [3.8, 4) is 5.75 Å². The van der Waals surface area contributed by atoms with Gasteiger partial charge in [-0.15, -0.1) is 0 Å². The summed E-state index contributed by atoms with van der Waals surface area (Å²) in [6.45, 7) is 6.53. The van der Waals surface area contributed by atoms with Crippen molar-refractivity contribution in [1.29, 1.82) is 0 Å². The van der Waals surface area contributed by atoms with Crippen LogP contribution in [0, 0.1) is 0 Å². The zero-order chi connectivity index (χ0) is 19.5. The summed E-state index contributed by atoms with van der Waals surface area (Å²) >= 11 is 6.05. The first-order valence-electron chi connectivity index (χ1n) is 9.84. The van der Waals surface area contributed by atoms with Crippen molar-refractivity contribution in [2.75, 3.05) is 51.3 Å². The Balaban J connectivity index is 1.24. The Morgan fingerprint density at radius 1 is 1.04 bits per heavy atom. The normalized spacial score (nSPS) is 17.1. The Morgan fingerprint density at radius 3 is 2.61 bits per heavy atom. The van der Waals surface area contributed by atoms with Gasteiger partial charge in [-0.05, 0) is 48.9 Å². The molecule has 28 heavy (non-hydrogen) atoms. The second-order valence-corrected chi connectivity index (χ2v) is 7.82. The van der Waals surface area contributed by atoms with Crippen LogP contribution in [0.2, 0.25) is 5.02 Å². The van der Waals surface area contributed by atoms with E-state index in [1.54, 1.807) is 13.2 Å². The van der Waals surface area contributed by atoms with Crippen LogP contribution in [-0.4, -0.2) is 62.1 Å². The predicted octanol–water partition coefficient (Wildman–Crippen LogP) is 3.52. The number of nitrogens with zero attached hydrogens (tertiary/aromatic N) is 3. The first kappa shape index (κ1) is 19.1. The summed E-state index contributed by atoms with van der Waals surface area (Å²) in [5, 5.41) is 0.696. The Hall–Kier alpha value is -2.24. The number of benzene rings is 2. The van der Waals surface area contributed by atoms with Gasteiger partial charge in [0.05, 0.1) is 12.8 Å². The molecule has 0 aromatic heterocycles. The number of hydrogen-bond acceptors (Lipinski definition) is 4. The van der Waals surface area contributed by atoms with Crippen molar-refractivity contribution in [1.82, 2.24) is 9.80 Å². The zero-order valence-electron chi connectivity index (χ0n) is 16.2. The molecule has 2 aromatic carbocycles. The van der Waals surface area contributed by atoms with Crippen molar-refractivity contribution >= 4 is 23.2 Å². The maximum absolute atomic E-state index is 12.5. The lowest BCUT2D eigenvalue weighted by Gasteiger charge is -2.36. The summed E-state index contributed by atoms with van der Waals surface area (Å²) < 4.78 is 5.49. The highest BCUT2D eigenvalue weighted by Gasteiger charge is 2.27. The van der Waals surface area contributed by atoms with E-state index in [-0.39, 0.29) is 5.91 Å². The number of amides is 1. The number of carbonyl (C=O) groups is 1. The fourth-order valence-corrected chi connectivity index (χ4v) is 4.31. The van der Waals surface area contributed by atoms with E-state index in [9.17, 15) is 4.79 Å². The molecule has 0 N–H and O–H groups in total. The van der Waals surface area contributed by atoms with Gasteiger partial charge in [0.15, 0.2) is 0 Å². The molecule has 1 saturated heterocycles. The number of rotatable bonds is 6. The number of methoxy groups -OCH3 is 1. The second kappa shape index (κ2) is 8.41. The van der Waals surface area contributed by atoms with Crippen LogP contribution in [0.15, 0.2) is 42.5 Å². The molecule has 0 atom stereocenters. The number of para-hydroxylation sites is 2. The van der Waals surface area contributed by atoms with Crippen LogP contribution >= 0.6 is 11.6 Å². The van der Waals surface area contributed by atoms with E-state index < -0.39 is 0 Å². The number of hydrogen-bond donors (Lipinski definition) is 0. The standard InChI is InChI=1S/C22H26ClN3O2/c1-28-21-6-3-2-5-20(21)25-13-11-24(12-14-25)9-4-10-26-16-17-15-18(23)7-8-19(17)22(26)27/h2-3,5-8,15H,4,9-14,16H2,1H3. The van der Waals surface area contributed by atoms with Gasteiger partial charge in [-0.1, -0.05) is 23.7 Å². The van der Waals surface area contributed by atoms with E-state index in [0.717, 1.165) is 62.6 Å². The molecule has 2 aliphatic heterocycles. The van der Waals surface area contributed by atoms with Crippen molar-refractivity contribution in [2.45, 2.75) is 13.0 Å². The summed E-state index contributed by atoms with van der Waals surface area (Å²) in [6.07, 6.45) is 0.988. The first-order chi connectivity index (χ1) is 13.7. The molecule has 0 bridgehead atoms. The molecular formula is C22H26ClN3O2. The van der Waals surface area contributed by atoms with Crippen LogP contribution in [0.3, 0.4) is 0 Å². The van der Waals surface area contributed by atoms with Crippen LogP contribution in [0.5, 0.6) is 5.75 Å². The number of anilines is 1. The van der Waals surface area contributed by atoms with Gasteiger partial charge in [0.2, 0.25) is 0 Å². The summed E-state index contributed by atoms with van der Waals surface area (Å²) in [4.78, 5) is 19.3. The Morgan fingerprint density at radius 2 is 1.82 bits per heavy atom. The van der Waals surface area contributed by atoms with Gasteiger partial charge in [0.1, 0.15) is 5.75 Å². The fourth-order valence-electron chi connectivity index (χ4n) is 4.12. The van der Waals surface area contributed by atoms with E-state index in [1.807, 2.05) is 29.2 Å². The minimum Gasteiger partial charge on any atom is -0.495 e. The average molecular weight is 400 g/mol. The summed E-state index contributed by atoms with van der Waals surface area (Å²) in [5.41, 5.74) is 3.02. The van der Waals surface area contributed by atoms with Gasteiger partial charge >= 0.3 is 0 Å². The Bertz CT molecular complexity index is 849. The smallest absolute Gasteiger partial charge is 0.254 e. The maximum atomic E-state index is 12.5. The monoisotopic (exact) mass is 399 g/mol. The van der Waals surface area contributed by atoms with E-state index >= 15 is 0 Å². The molecule has 0 spiro atoms. The van der Waals surface area contributed by atoms with Gasteiger partial charge < -0.3 is 14.5 Å². The fraction of sp³-hybridized carbons (Fsp3) is 0.409. The topological polar surface area (TPSA) is 36.0 Å². The Labute approximate surface area is 171 Å². The molecule has 2 aliphatic rings. The van der Waals surface area contributed by atoms with Crippen LogP contribution in [0.1, 0.15) is 22.3 Å². The molecule has 4 rings (SSSR count). The zero-order valence-corrected chi connectivity index (χ0v) is 17.0. The lowest BCUT2D eigenvalue weighted by atomic mass is 10.1. The summed E-state index contributed by atoms with van der Waals surface area (Å²) in [7, 11) is 1.72. The number of fused-ring (bicyclic) bond motifs is 1. The molecule has 0 aliphatic carbocycles. The number of carbonyl (C=O) groups excluding carboxylic acids is 1. The Kier molecular flexibility index (Phi) is 5.74. The third-order valence-corrected chi connectivity index (χ3v) is 5.88. The van der Waals surface area contributed by atoms with Crippen molar-refractivity contribution in [2.24, 2.45) is 0 Å². The van der Waals surface area contributed by atoms with Gasteiger partial charge in [0, 0.05) is 49.9 Å². The largest absolute Gasteiger partial charge is 0.495 e. The lowest BCUT2D eigenvalue weighted by Crippen LogP contribution is -2.47. The third-order valence-electron chi connectivity index (χ3n) is 5.65. The van der Waals surface area contributed by atoms with E-state index in [2.05, 4.69) is 21.9 Å². The summed E-state index contributed by atoms with van der Waals surface area (Å²) in [6, 6.07) is 13.7. The minimum atomic E-state index is 0.132. The lowest BCUT2D eigenvalue weighted by molar-refractivity contribution is 0.0770. The molecule has 2 heterocycles. The van der Waals surface area contributed by atoms with Crippen molar-refractivity contribution < 1.29 is 9.53 Å². The van der Waals surface area contributed by atoms with E-state index in [0.29, 0.717) is 11.6 Å². The van der Waals surface area contributed by atoms with Crippen LogP contribution < -0.4 is 9.64 Å². The number of ether oxygens (including phenoxy) is 1. The average Bonchev–Trinajstić information content (AvgIpc) is 3.03. The molecule has 0 unspecified atom stereocenters. The van der Waals surface area contributed by atoms with Crippen molar-refractivity contribution in [3.63, 3.8) is 0 Å².